The van der Waals surface area contributed by atoms with Crippen LogP contribution in [0, 0.1) is 9.39 Å². The Balaban J connectivity index is 2.59. The van der Waals surface area contributed by atoms with Crippen LogP contribution in [0.15, 0.2) is 22.7 Å². The molecule has 100 valence electrons. The number of nitrogens with two attached hydrogens (primary N) is 1. The molecule has 0 spiro atoms. The molecule has 0 aliphatic heterocycles. The predicted octanol–water partition coefficient (Wildman–Crippen LogP) is 4.36. The zero-order valence-corrected chi connectivity index (χ0v) is 14.2. The third-order valence-corrected chi connectivity index (χ3v) is 4.34. The van der Waals surface area contributed by atoms with Gasteiger partial charge < -0.3 is 5.73 Å². The van der Waals surface area contributed by atoms with Crippen molar-refractivity contribution in [2.45, 2.75) is 19.8 Å². The molecule has 0 aliphatic rings. The summed E-state index contributed by atoms with van der Waals surface area (Å²) in [5.74, 6) is 0.906. The van der Waals surface area contributed by atoms with Gasteiger partial charge in [0.2, 0.25) is 0 Å². The molecule has 0 unspecified atom stereocenters. The molecule has 0 saturated heterocycles. The monoisotopic (exact) mass is 435 g/mol. The van der Waals surface area contributed by atoms with Crippen LogP contribution in [0.2, 0.25) is 0 Å². The Bertz CT molecular complexity index is 632. The summed E-state index contributed by atoms with van der Waals surface area (Å²) in [6.07, 6.45) is 0. The van der Waals surface area contributed by atoms with Crippen molar-refractivity contribution in [1.82, 2.24) is 9.97 Å². The number of halogens is 3. The summed E-state index contributed by atoms with van der Waals surface area (Å²) >= 11 is 5.31. The molecule has 2 aromatic rings. The fraction of sp³-hybridized carbons (Fsp3) is 0.231. The average Bonchev–Trinajstić information content (AvgIpc) is 2.35. The summed E-state index contributed by atoms with van der Waals surface area (Å²) in [5, 5.41) is 0. The summed E-state index contributed by atoms with van der Waals surface area (Å²) in [4.78, 5) is 8.80. The Hall–Kier alpha value is -0.760. The van der Waals surface area contributed by atoms with Crippen LogP contribution in [0.3, 0.4) is 0 Å². The molecular weight excluding hydrogens is 424 g/mol. The van der Waals surface area contributed by atoms with E-state index in [1.807, 2.05) is 13.8 Å². The Labute approximate surface area is 133 Å². The molecule has 1 heterocycles. The van der Waals surface area contributed by atoms with E-state index in [0.717, 1.165) is 14.8 Å². The Morgan fingerprint density at radius 2 is 2.00 bits per heavy atom. The Morgan fingerprint density at radius 3 is 2.58 bits per heavy atom. The van der Waals surface area contributed by atoms with Crippen LogP contribution in [0.1, 0.15) is 25.5 Å². The molecule has 0 amide bonds. The van der Waals surface area contributed by atoms with E-state index in [4.69, 9.17) is 5.73 Å². The molecule has 0 radical (unpaired) electrons. The molecule has 0 saturated carbocycles. The van der Waals surface area contributed by atoms with Crippen molar-refractivity contribution in [3.8, 4) is 11.4 Å². The number of hydrogen-bond acceptors (Lipinski definition) is 3. The molecule has 1 aromatic heterocycles. The van der Waals surface area contributed by atoms with Crippen molar-refractivity contribution in [1.29, 1.82) is 0 Å². The number of hydrogen-bond donors (Lipinski definition) is 1. The van der Waals surface area contributed by atoms with Gasteiger partial charge in [-0.2, -0.15) is 0 Å². The third-order valence-electron chi connectivity index (χ3n) is 2.63. The second-order valence-electron chi connectivity index (χ2n) is 4.42. The van der Waals surface area contributed by atoms with Gasteiger partial charge in [-0.15, -0.1) is 0 Å². The third kappa shape index (κ3) is 3.05. The first-order valence-electron chi connectivity index (χ1n) is 5.68. The van der Waals surface area contributed by atoms with E-state index in [-0.39, 0.29) is 11.7 Å². The average molecular weight is 436 g/mol. The van der Waals surface area contributed by atoms with E-state index in [9.17, 15) is 4.39 Å². The summed E-state index contributed by atoms with van der Waals surface area (Å²) in [6.45, 7) is 4.10. The van der Waals surface area contributed by atoms with Gasteiger partial charge in [-0.05, 0) is 62.6 Å². The molecular formula is C13H12BrFIN3. The van der Waals surface area contributed by atoms with Gasteiger partial charge in [-0.3, -0.25) is 0 Å². The van der Waals surface area contributed by atoms with E-state index in [2.05, 4.69) is 48.5 Å². The van der Waals surface area contributed by atoms with Crippen molar-refractivity contribution in [3.63, 3.8) is 0 Å². The van der Waals surface area contributed by atoms with Crippen LogP contribution in [0.4, 0.5) is 10.2 Å². The van der Waals surface area contributed by atoms with Crippen LogP contribution in [0.25, 0.3) is 11.4 Å². The topological polar surface area (TPSA) is 51.8 Å². The number of nitrogens with zero attached hydrogens (tertiary/aromatic N) is 2. The highest BCUT2D eigenvalue weighted by Gasteiger charge is 2.14. The van der Waals surface area contributed by atoms with Gasteiger partial charge in [0.05, 0.1) is 13.7 Å². The molecule has 0 atom stereocenters. The SMILES string of the molecule is CC(C)c1nc(-c2ccc(F)c(Br)c2)nc(N)c1I. The van der Waals surface area contributed by atoms with Crippen LogP contribution in [0.5, 0.6) is 0 Å². The minimum Gasteiger partial charge on any atom is -0.383 e. The maximum Gasteiger partial charge on any atom is 0.161 e. The van der Waals surface area contributed by atoms with Gasteiger partial charge in [0.15, 0.2) is 5.82 Å². The van der Waals surface area contributed by atoms with Crippen LogP contribution in [-0.2, 0) is 0 Å². The molecule has 2 rings (SSSR count). The summed E-state index contributed by atoms with van der Waals surface area (Å²) in [5.41, 5.74) is 7.56. The molecule has 1 aromatic carbocycles. The minimum absolute atomic E-state index is 0.250. The first kappa shape index (κ1) is 14.6. The number of rotatable bonds is 2. The van der Waals surface area contributed by atoms with E-state index in [1.54, 1.807) is 12.1 Å². The van der Waals surface area contributed by atoms with Crippen molar-refractivity contribution >= 4 is 44.3 Å². The maximum absolute atomic E-state index is 13.3. The molecule has 0 fully saturated rings. The Kier molecular flexibility index (Phi) is 4.39. The zero-order chi connectivity index (χ0) is 14.2. The van der Waals surface area contributed by atoms with Crippen LogP contribution in [-0.4, -0.2) is 9.97 Å². The summed E-state index contributed by atoms with van der Waals surface area (Å²) in [6, 6.07) is 4.68. The van der Waals surface area contributed by atoms with Crippen molar-refractivity contribution in [2.75, 3.05) is 5.73 Å². The Morgan fingerprint density at radius 1 is 1.32 bits per heavy atom. The second kappa shape index (κ2) is 5.70. The first-order valence-corrected chi connectivity index (χ1v) is 7.55. The van der Waals surface area contributed by atoms with E-state index < -0.39 is 0 Å². The van der Waals surface area contributed by atoms with Crippen molar-refractivity contribution in [3.05, 3.63) is 37.8 Å². The summed E-state index contributed by atoms with van der Waals surface area (Å²) < 4.78 is 14.5. The van der Waals surface area contributed by atoms with Gasteiger partial charge in [-0.1, -0.05) is 13.8 Å². The molecule has 6 heteroatoms. The van der Waals surface area contributed by atoms with Gasteiger partial charge in [0, 0.05) is 5.56 Å². The number of aromatic nitrogens is 2. The minimum atomic E-state index is -0.314. The zero-order valence-electron chi connectivity index (χ0n) is 10.4. The number of anilines is 1. The fourth-order valence-electron chi connectivity index (χ4n) is 1.63. The fourth-order valence-corrected chi connectivity index (χ4v) is 2.87. The number of nitrogen functional groups attached to an aromatic ring is 1. The number of benzene rings is 1. The van der Waals surface area contributed by atoms with Crippen LogP contribution >= 0.6 is 38.5 Å². The van der Waals surface area contributed by atoms with Crippen molar-refractivity contribution < 1.29 is 4.39 Å². The molecule has 0 aliphatic carbocycles. The normalized spacial score (nSPS) is 11.1. The van der Waals surface area contributed by atoms with Gasteiger partial charge in [0.25, 0.3) is 0 Å². The first-order chi connectivity index (χ1) is 8.90. The van der Waals surface area contributed by atoms with Crippen LogP contribution < -0.4 is 5.73 Å². The molecule has 2 N–H and O–H groups in total. The lowest BCUT2D eigenvalue weighted by Crippen LogP contribution is -2.06. The predicted molar refractivity (Wildman–Crippen MR) is 86.3 cm³/mol. The second-order valence-corrected chi connectivity index (χ2v) is 6.35. The quantitative estimate of drug-likeness (QED) is 0.713. The van der Waals surface area contributed by atoms with Gasteiger partial charge in [0.1, 0.15) is 11.6 Å². The molecule has 19 heavy (non-hydrogen) atoms. The van der Waals surface area contributed by atoms with E-state index in [0.29, 0.717) is 16.1 Å². The van der Waals surface area contributed by atoms with E-state index in [1.165, 1.54) is 6.07 Å². The van der Waals surface area contributed by atoms with Gasteiger partial charge >= 0.3 is 0 Å². The van der Waals surface area contributed by atoms with E-state index >= 15 is 0 Å². The molecule has 0 bridgehead atoms. The highest BCUT2D eigenvalue weighted by atomic mass is 127. The lowest BCUT2D eigenvalue weighted by atomic mass is 10.1. The lowest BCUT2D eigenvalue weighted by molar-refractivity contribution is 0.621. The maximum atomic E-state index is 13.3. The largest absolute Gasteiger partial charge is 0.383 e. The van der Waals surface area contributed by atoms with Crippen molar-refractivity contribution in [2.24, 2.45) is 0 Å². The highest BCUT2D eigenvalue weighted by molar-refractivity contribution is 14.1. The summed E-state index contributed by atoms with van der Waals surface area (Å²) in [7, 11) is 0. The smallest absolute Gasteiger partial charge is 0.161 e. The molecule has 3 nitrogen and oxygen atoms in total. The standard InChI is InChI=1S/C13H12BrFIN3/c1-6(2)11-10(16)12(17)19-13(18-11)7-3-4-9(15)8(14)5-7/h3-6H,1-2H3,(H2,17,18,19). The lowest BCUT2D eigenvalue weighted by Gasteiger charge is -2.11. The highest BCUT2D eigenvalue weighted by Crippen LogP contribution is 2.28. The van der Waals surface area contributed by atoms with Gasteiger partial charge in [-0.25, -0.2) is 14.4 Å².